The molecular formula is C26H38N4. The molecular weight excluding hydrogens is 368 g/mol. The molecule has 1 fully saturated rings. The van der Waals surface area contributed by atoms with Crippen LogP contribution in [0.4, 0.5) is 0 Å². The van der Waals surface area contributed by atoms with E-state index in [0.717, 1.165) is 37.8 Å². The van der Waals surface area contributed by atoms with Crippen LogP contribution in [-0.2, 0) is 0 Å². The minimum absolute atomic E-state index is 0.0735. The van der Waals surface area contributed by atoms with Crippen LogP contribution in [0.2, 0.25) is 0 Å². The molecule has 4 nitrogen and oxygen atoms in total. The van der Waals surface area contributed by atoms with E-state index in [9.17, 15) is 15.8 Å². The molecule has 0 spiro atoms. The van der Waals surface area contributed by atoms with Crippen molar-refractivity contribution in [2.45, 2.75) is 117 Å². The summed E-state index contributed by atoms with van der Waals surface area (Å²) in [6, 6.07) is 7.45. The fourth-order valence-electron chi connectivity index (χ4n) is 5.43. The Hall–Kier alpha value is -2.25. The summed E-state index contributed by atoms with van der Waals surface area (Å²) in [4.78, 5) is 2.62. The number of nitrogens with zero attached hydrogens (tertiary/aromatic N) is 4. The lowest BCUT2D eigenvalue weighted by atomic mass is 9.72. The summed E-state index contributed by atoms with van der Waals surface area (Å²) < 4.78 is 0. The molecule has 162 valence electrons. The van der Waals surface area contributed by atoms with Crippen molar-refractivity contribution >= 4 is 0 Å². The van der Waals surface area contributed by atoms with Gasteiger partial charge in [-0.15, -0.1) is 0 Å². The molecule has 0 unspecified atom stereocenters. The van der Waals surface area contributed by atoms with Crippen LogP contribution in [0.25, 0.3) is 0 Å². The van der Waals surface area contributed by atoms with Gasteiger partial charge in [0, 0.05) is 23.4 Å². The summed E-state index contributed by atoms with van der Waals surface area (Å²) in [5.74, 6) is 0. The lowest BCUT2D eigenvalue weighted by molar-refractivity contribution is 0.127. The predicted octanol–water partition coefficient (Wildman–Crippen LogP) is 6.92. The highest BCUT2D eigenvalue weighted by Gasteiger charge is 2.38. The smallest absolute Gasteiger partial charge is 0.134 e. The third-order valence-electron chi connectivity index (χ3n) is 6.70. The molecule has 0 aromatic rings. The van der Waals surface area contributed by atoms with Crippen molar-refractivity contribution in [2.24, 2.45) is 5.41 Å². The first kappa shape index (κ1) is 24.0. The first-order valence-electron chi connectivity index (χ1n) is 11.9. The van der Waals surface area contributed by atoms with Gasteiger partial charge >= 0.3 is 0 Å². The van der Waals surface area contributed by atoms with Gasteiger partial charge in [0.2, 0.25) is 0 Å². The summed E-state index contributed by atoms with van der Waals surface area (Å²) >= 11 is 0. The third-order valence-corrected chi connectivity index (χ3v) is 6.70. The molecule has 0 N–H and O–H groups in total. The fourth-order valence-corrected chi connectivity index (χ4v) is 5.43. The standard InChI is InChI=1S/C26H38N4/c1-5-11-21(12-6-2)30(22-13-9-7-8-10-14-22)25-16-26(3,4)15-23(24(25)19-29)20(17-27)18-28/h21-22H,5-16H2,1-4H3. The molecule has 0 aromatic heterocycles. The summed E-state index contributed by atoms with van der Waals surface area (Å²) in [7, 11) is 0. The summed E-state index contributed by atoms with van der Waals surface area (Å²) in [6.07, 6.45) is 13.4. The second-order valence-electron chi connectivity index (χ2n) is 9.81. The van der Waals surface area contributed by atoms with Crippen molar-refractivity contribution < 1.29 is 0 Å². The van der Waals surface area contributed by atoms with E-state index >= 15 is 0 Å². The number of rotatable bonds is 7. The van der Waals surface area contributed by atoms with Crippen LogP contribution in [0.5, 0.6) is 0 Å². The monoisotopic (exact) mass is 406 g/mol. The molecule has 0 radical (unpaired) electrons. The zero-order chi connectivity index (χ0) is 22.1. The van der Waals surface area contributed by atoms with Gasteiger partial charge in [0.05, 0.1) is 5.57 Å². The second-order valence-corrected chi connectivity index (χ2v) is 9.81. The molecule has 4 heteroatoms. The third kappa shape index (κ3) is 5.67. The number of allylic oxidation sites excluding steroid dienone is 4. The molecule has 2 aliphatic carbocycles. The summed E-state index contributed by atoms with van der Waals surface area (Å²) in [5.41, 5.74) is 2.41. The molecule has 1 saturated carbocycles. The molecule has 0 aliphatic heterocycles. The van der Waals surface area contributed by atoms with Gasteiger partial charge in [-0.25, -0.2) is 0 Å². The maximum atomic E-state index is 10.2. The van der Waals surface area contributed by atoms with E-state index in [4.69, 9.17) is 0 Å². The van der Waals surface area contributed by atoms with Crippen molar-refractivity contribution in [3.63, 3.8) is 0 Å². The van der Waals surface area contributed by atoms with Crippen molar-refractivity contribution in [3.8, 4) is 18.2 Å². The van der Waals surface area contributed by atoms with Gasteiger partial charge < -0.3 is 4.90 Å². The van der Waals surface area contributed by atoms with E-state index in [-0.39, 0.29) is 11.0 Å². The Morgan fingerprint density at radius 3 is 2.00 bits per heavy atom. The highest BCUT2D eigenvalue weighted by Crippen LogP contribution is 2.46. The quantitative estimate of drug-likeness (QED) is 0.339. The van der Waals surface area contributed by atoms with Crippen LogP contribution in [0.3, 0.4) is 0 Å². The van der Waals surface area contributed by atoms with Crippen molar-refractivity contribution in [1.29, 1.82) is 15.8 Å². The number of hydrogen-bond donors (Lipinski definition) is 0. The Morgan fingerprint density at radius 1 is 0.967 bits per heavy atom. The molecule has 30 heavy (non-hydrogen) atoms. The number of hydrogen-bond acceptors (Lipinski definition) is 4. The Labute approximate surface area is 183 Å². The topological polar surface area (TPSA) is 74.6 Å². The average molecular weight is 407 g/mol. The normalized spacial score (nSPS) is 19.6. The molecule has 0 aromatic carbocycles. The molecule has 2 aliphatic rings. The van der Waals surface area contributed by atoms with E-state index < -0.39 is 0 Å². The van der Waals surface area contributed by atoms with Gasteiger partial charge in [-0.3, -0.25) is 0 Å². The largest absolute Gasteiger partial charge is 0.368 e. The van der Waals surface area contributed by atoms with Gasteiger partial charge in [-0.05, 0) is 43.9 Å². The first-order valence-corrected chi connectivity index (χ1v) is 11.9. The Balaban J connectivity index is 2.71. The van der Waals surface area contributed by atoms with Crippen LogP contribution in [-0.4, -0.2) is 17.0 Å². The maximum absolute atomic E-state index is 10.2. The molecule has 0 amide bonds. The predicted molar refractivity (Wildman–Crippen MR) is 121 cm³/mol. The van der Waals surface area contributed by atoms with Crippen molar-refractivity contribution in [1.82, 2.24) is 4.90 Å². The first-order chi connectivity index (χ1) is 14.4. The van der Waals surface area contributed by atoms with E-state index in [1.807, 2.05) is 0 Å². The maximum Gasteiger partial charge on any atom is 0.134 e. The molecule has 0 atom stereocenters. The lowest BCUT2D eigenvalue weighted by Crippen LogP contribution is -2.45. The summed E-state index contributed by atoms with van der Waals surface area (Å²) in [5, 5.41) is 29.3. The highest BCUT2D eigenvalue weighted by atomic mass is 15.2. The zero-order valence-corrected chi connectivity index (χ0v) is 19.4. The van der Waals surface area contributed by atoms with Crippen LogP contribution >= 0.6 is 0 Å². The van der Waals surface area contributed by atoms with Gasteiger partial charge in [0.25, 0.3) is 0 Å². The summed E-state index contributed by atoms with van der Waals surface area (Å²) in [6.45, 7) is 8.89. The van der Waals surface area contributed by atoms with E-state index in [1.165, 1.54) is 38.5 Å². The van der Waals surface area contributed by atoms with Crippen molar-refractivity contribution in [2.75, 3.05) is 0 Å². The lowest BCUT2D eigenvalue weighted by Gasteiger charge is -2.46. The van der Waals surface area contributed by atoms with Gasteiger partial charge in [-0.1, -0.05) is 66.2 Å². The van der Waals surface area contributed by atoms with E-state index in [0.29, 0.717) is 29.7 Å². The van der Waals surface area contributed by atoms with Crippen LogP contribution in [0, 0.1) is 39.4 Å². The Kier molecular flexibility index (Phi) is 8.99. The average Bonchev–Trinajstić information content (AvgIpc) is 2.98. The minimum atomic E-state index is -0.0735. The van der Waals surface area contributed by atoms with Crippen LogP contribution in [0.1, 0.15) is 105 Å². The SMILES string of the molecule is CCCC(CCC)N(C1=C(C#N)C(=C(C#N)C#N)CC(C)(C)C1)C1CCCCCC1. The van der Waals surface area contributed by atoms with Gasteiger partial charge in [0.1, 0.15) is 23.8 Å². The minimum Gasteiger partial charge on any atom is -0.368 e. The molecule has 0 heterocycles. The second kappa shape index (κ2) is 11.2. The van der Waals surface area contributed by atoms with Crippen LogP contribution < -0.4 is 0 Å². The highest BCUT2D eigenvalue weighted by molar-refractivity contribution is 5.57. The Morgan fingerprint density at radius 2 is 1.53 bits per heavy atom. The van der Waals surface area contributed by atoms with E-state index in [2.05, 4.69) is 50.8 Å². The van der Waals surface area contributed by atoms with Crippen LogP contribution in [0.15, 0.2) is 22.4 Å². The van der Waals surface area contributed by atoms with Crippen molar-refractivity contribution in [3.05, 3.63) is 22.4 Å². The Bertz CT molecular complexity index is 749. The number of nitriles is 3. The zero-order valence-electron chi connectivity index (χ0n) is 19.4. The fraction of sp³-hybridized carbons (Fsp3) is 0.731. The molecule has 0 bridgehead atoms. The van der Waals surface area contributed by atoms with Gasteiger partial charge in [-0.2, -0.15) is 15.8 Å². The molecule has 2 rings (SSSR count). The van der Waals surface area contributed by atoms with E-state index in [1.54, 1.807) is 0 Å². The van der Waals surface area contributed by atoms with Gasteiger partial charge in [0.15, 0.2) is 0 Å². The molecule has 0 saturated heterocycles.